The summed E-state index contributed by atoms with van der Waals surface area (Å²) in [5.41, 5.74) is -0.0824. The molecule has 0 N–H and O–H groups in total. The normalized spacial score (nSPS) is 11.5. The highest BCUT2D eigenvalue weighted by atomic mass is 79.9. The van der Waals surface area contributed by atoms with Crippen molar-refractivity contribution in [2.45, 2.75) is 6.18 Å². The molecule has 88 valence electrons. The van der Waals surface area contributed by atoms with Crippen LogP contribution >= 0.6 is 15.9 Å². The lowest BCUT2D eigenvalue weighted by atomic mass is 10.0. The van der Waals surface area contributed by atoms with Crippen LogP contribution in [0.3, 0.4) is 0 Å². The first-order chi connectivity index (χ1) is 7.98. The molecule has 0 saturated carbocycles. The van der Waals surface area contributed by atoms with Gasteiger partial charge in [0.15, 0.2) is 0 Å². The molecule has 0 aliphatic heterocycles. The monoisotopic (exact) mass is 301 g/mol. The van der Waals surface area contributed by atoms with Crippen LogP contribution in [0.5, 0.6) is 0 Å². The minimum absolute atomic E-state index is 0.133. The molecule has 1 aromatic heterocycles. The van der Waals surface area contributed by atoms with Gasteiger partial charge in [0.1, 0.15) is 0 Å². The fourth-order valence-corrected chi connectivity index (χ4v) is 1.89. The van der Waals surface area contributed by atoms with Crippen LogP contribution < -0.4 is 0 Å². The lowest BCUT2D eigenvalue weighted by Crippen LogP contribution is -2.07. The van der Waals surface area contributed by atoms with Crippen molar-refractivity contribution < 1.29 is 13.2 Å². The van der Waals surface area contributed by atoms with Gasteiger partial charge in [0.05, 0.1) is 5.56 Å². The third-order valence-electron chi connectivity index (χ3n) is 2.26. The van der Waals surface area contributed by atoms with Gasteiger partial charge in [-0.05, 0) is 23.8 Å². The predicted molar refractivity (Wildman–Crippen MR) is 62.4 cm³/mol. The Hall–Kier alpha value is -1.36. The van der Waals surface area contributed by atoms with Gasteiger partial charge in [-0.1, -0.05) is 28.1 Å². The van der Waals surface area contributed by atoms with E-state index in [1.807, 2.05) is 0 Å². The number of hydrogen-bond donors (Lipinski definition) is 0. The van der Waals surface area contributed by atoms with Gasteiger partial charge >= 0.3 is 6.18 Å². The second-order valence-electron chi connectivity index (χ2n) is 3.43. The van der Waals surface area contributed by atoms with E-state index in [9.17, 15) is 13.2 Å². The van der Waals surface area contributed by atoms with E-state index < -0.39 is 11.7 Å². The average Bonchev–Trinajstić information content (AvgIpc) is 2.29. The maximum atomic E-state index is 12.9. The Morgan fingerprint density at radius 3 is 2.47 bits per heavy atom. The number of rotatable bonds is 1. The van der Waals surface area contributed by atoms with Crippen LogP contribution in [0.4, 0.5) is 13.2 Å². The summed E-state index contributed by atoms with van der Waals surface area (Å²) in [7, 11) is 0. The molecule has 0 aliphatic carbocycles. The molecule has 2 aromatic rings. The fraction of sp³-hybridized carbons (Fsp3) is 0.0833. The number of hydrogen-bond acceptors (Lipinski definition) is 1. The Kier molecular flexibility index (Phi) is 3.19. The third kappa shape index (κ3) is 2.66. The summed E-state index contributed by atoms with van der Waals surface area (Å²) in [6.45, 7) is 0. The summed E-state index contributed by atoms with van der Waals surface area (Å²) in [6, 6.07) is 7.30. The highest BCUT2D eigenvalue weighted by Crippen LogP contribution is 2.38. The molecule has 1 heterocycles. The Morgan fingerprint density at radius 2 is 1.88 bits per heavy atom. The number of aromatic nitrogens is 1. The molecule has 1 aromatic carbocycles. The molecule has 0 radical (unpaired) electrons. The van der Waals surface area contributed by atoms with Crippen molar-refractivity contribution in [1.29, 1.82) is 0 Å². The highest BCUT2D eigenvalue weighted by Gasteiger charge is 2.33. The average molecular weight is 302 g/mol. The topological polar surface area (TPSA) is 12.9 Å². The maximum absolute atomic E-state index is 12.9. The van der Waals surface area contributed by atoms with Gasteiger partial charge < -0.3 is 0 Å². The van der Waals surface area contributed by atoms with Crippen LogP contribution in [0.1, 0.15) is 5.56 Å². The maximum Gasteiger partial charge on any atom is 0.417 e. The molecule has 0 amide bonds. The first kappa shape index (κ1) is 12.1. The molecule has 0 bridgehead atoms. The van der Waals surface area contributed by atoms with Gasteiger partial charge in [-0.25, -0.2) is 0 Å². The molecule has 0 spiro atoms. The molecule has 5 heteroatoms. The Balaban J connectivity index is 2.63. The third-order valence-corrected chi connectivity index (χ3v) is 2.75. The molecule has 17 heavy (non-hydrogen) atoms. The van der Waals surface area contributed by atoms with Crippen molar-refractivity contribution in [3.63, 3.8) is 0 Å². The van der Waals surface area contributed by atoms with E-state index in [0.717, 1.165) is 6.07 Å². The quantitative estimate of drug-likeness (QED) is 0.754. The van der Waals surface area contributed by atoms with Gasteiger partial charge in [0.2, 0.25) is 0 Å². The lowest BCUT2D eigenvalue weighted by molar-refractivity contribution is -0.137. The van der Waals surface area contributed by atoms with Crippen molar-refractivity contribution in [3.8, 4) is 11.1 Å². The van der Waals surface area contributed by atoms with E-state index in [4.69, 9.17) is 0 Å². The molecule has 0 aliphatic rings. The van der Waals surface area contributed by atoms with Gasteiger partial charge in [-0.2, -0.15) is 13.2 Å². The molecular weight excluding hydrogens is 295 g/mol. The van der Waals surface area contributed by atoms with Crippen molar-refractivity contribution in [3.05, 3.63) is 52.8 Å². The van der Waals surface area contributed by atoms with Crippen LogP contribution in [0.15, 0.2) is 47.2 Å². The summed E-state index contributed by atoms with van der Waals surface area (Å²) >= 11 is 3.05. The first-order valence-corrected chi connectivity index (χ1v) is 5.55. The van der Waals surface area contributed by atoms with Crippen molar-refractivity contribution in [2.75, 3.05) is 0 Å². The lowest BCUT2D eigenvalue weighted by Gasteiger charge is -2.13. The van der Waals surface area contributed by atoms with Crippen LogP contribution in [0, 0.1) is 0 Å². The molecule has 0 fully saturated rings. The number of halogens is 4. The highest BCUT2D eigenvalue weighted by molar-refractivity contribution is 9.10. The first-order valence-electron chi connectivity index (χ1n) is 4.75. The smallest absolute Gasteiger partial charge is 0.264 e. The molecule has 1 nitrogen and oxygen atoms in total. The number of benzene rings is 1. The second-order valence-corrected chi connectivity index (χ2v) is 4.35. The number of nitrogens with zero attached hydrogens (tertiary/aromatic N) is 1. The standard InChI is InChI=1S/C12H7BrF3N/c13-9-3-4-10(8-2-1-5-17-7-8)11(6-9)12(14,15)16/h1-7H. The zero-order chi connectivity index (χ0) is 12.5. The summed E-state index contributed by atoms with van der Waals surface area (Å²) in [5, 5.41) is 0. The number of pyridine rings is 1. The fourth-order valence-electron chi connectivity index (χ4n) is 1.52. The minimum Gasteiger partial charge on any atom is -0.264 e. The summed E-state index contributed by atoms with van der Waals surface area (Å²) < 4.78 is 39.0. The summed E-state index contributed by atoms with van der Waals surface area (Å²) in [4.78, 5) is 3.83. The second kappa shape index (κ2) is 4.49. The van der Waals surface area contributed by atoms with E-state index in [1.54, 1.807) is 18.2 Å². The Bertz CT molecular complexity index is 523. The molecule has 0 unspecified atom stereocenters. The van der Waals surface area contributed by atoms with Gasteiger partial charge in [-0.15, -0.1) is 0 Å². The number of alkyl halides is 3. The molecule has 0 saturated heterocycles. The zero-order valence-electron chi connectivity index (χ0n) is 8.50. The minimum atomic E-state index is -4.38. The summed E-state index contributed by atoms with van der Waals surface area (Å²) in [6.07, 6.45) is -1.44. The molecular formula is C12H7BrF3N. The van der Waals surface area contributed by atoms with E-state index >= 15 is 0 Å². The van der Waals surface area contributed by atoms with Crippen molar-refractivity contribution >= 4 is 15.9 Å². The van der Waals surface area contributed by atoms with Gasteiger partial charge in [0.25, 0.3) is 0 Å². The molecule has 0 atom stereocenters. The van der Waals surface area contributed by atoms with Crippen LogP contribution in [0.25, 0.3) is 11.1 Å². The van der Waals surface area contributed by atoms with E-state index in [1.165, 1.54) is 18.5 Å². The van der Waals surface area contributed by atoms with Crippen molar-refractivity contribution in [1.82, 2.24) is 4.98 Å². The Morgan fingerprint density at radius 1 is 1.12 bits per heavy atom. The largest absolute Gasteiger partial charge is 0.417 e. The van der Waals surface area contributed by atoms with Crippen LogP contribution in [-0.2, 0) is 6.18 Å². The van der Waals surface area contributed by atoms with E-state index in [-0.39, 0.29) is 5.56 Å². The van der Waals surface area contributed by atoms with E-state index in [2.05, 4.69) is 20.9 Å². The van der Waals surface area contributed by atoms with Gasteiger partial charge in [-0.3, -0.25) is 4.98 Å². The van der Waals surface area contributed by atoms with Gasteiger partial charge in [0, 0.05) is 22.4 Å². The van der Waals surface area contributed by atoms with Crippen LogP contribution in [-0.4, -0.2) is 4.98 Å². The SMILES string of the molecule is FC(F)(F)c1cc(Br)ccc1-c1cccnc1. The zero-order valence-corrected chi connectivity index (χ0v) is 10.1. The van der Waals surface area contributed by atoms with Crippen LogP contribution in [0.2, 0.25) is 0 Å². The molecule has 2 rings (SSSR count). The summed E-state index contributed by atoms with van der Waals surface area (Å²) in [5.74, 6) is 0. The van der Waals surface area contributed by atoms with E-state index in [0.29, 0.717) is 10.0 Å². The predicted octanol–water partition coefficient (Wildman–Crippen LogP) is 4.53. The Labute approximate surface area is 104 Å². The van der Waals surface area contributed by atoms with Crippen molar-refractivity contribution in [2.24, 2.45) is 0 Å².